The molecule has 3 aliphatic heterocycles. The molecule has 3 saturated heterocycles. The first-order valence-electron chi connectivity index (χ1n) is 11.5. The van der Waals surface area contributed by atoms with E-state index in [-0.39, 0.29) is 44.9 Å². The Morgan fingerprint density at radius 1 is 0.919 bits per heavy atom. The number of carbonyl (C=O) groups excluding carboxylic acids is 1. The second-order valence-corrected chi connectivity index (χ2v) is 9.31. The Labute approximate surface area is 205 Å². The molecule has 6 nitrogen and oxygen atoms in total. The number of benzene rings is 1. The van der Waals surface area contributed by atoms with Crippen molar-refractivity contribution in [2.24, 2.45) is 0 Å². The largest absolute Gasteiger partial charge is 0.434 e. The van der Waals surface area contributed by atoms with Gasteiger partial charge in [0.2, 0.25) is 0 Å². The van der Waals surface area contributed by atoms with E-state index in [1.165, 1.54) is 6.07 Å². The van der Waals surface area contributed by atoms with Gasteiger partial charge in [-0.25, -0.2) is 4.79 Å². The molecular weight excluding hydrogens is 525 g/mol. The van der Waals surface area contributed by atoms with E-state index in [0.29, 0.717) is 24.3 Å². The van der Waals surface area contributed by atoms with Gasteiger partial charge >= 0.3 is 24.6 Å². The molecule has 0 aliphatic carbocycles. The number of nitrogens with zero attached hydrogens (tertiary/aromatic N) is 3. The molecular formula is C22H24F9N3O3. The van der Waals surface area contributed by atoms with Crippen molar-refractivity contribution in [3.63, 3.8) is 0 Å². The van der Waals surface area contributed by atoms with Crippen LogP contribution in [0.1, 0.15) is 24.0 Å². The Kier molecular flexibility index (Phi) is 7.49. The van der Waals surface area contributed by atoms with Crippen LogP contribution in [0.2, 0.25) is 0 Å². The standard InChI is InChI=1S/C22H24F9N3O3/c23-20(24,25)14-2-1-13(17(9-14)34-11-15-3-4-16(12-34)36-15)10-32-5-7-33(8-6-32)19(35)37-18(21(26,27)28)22(29,30)31/h1-2,9,15-16,18H,3-8,10-12H2/t15-,16+. The van der Waals surface area contributed by atoms with Gasteiger partial charge in [-0.15, -0.1) is 0 Å². The van der Waals surface area contributed by atoms with Gasteiger partial charge in [-0.3, -0.25) is 4.90 Å². The summed E-state index contributed by atoms with van der Waals surface area (Å²) in [6, 6.07) is 3.42. The van der Waals surface area contributed by atoms with E-state index in [1.807, 2.05) is 4.90 Å². The summed E-state index contributed by atoms with van der Waals surface area (Å²) >= 11 is 0. The molecule has 3 aliphatic rings. The van der Waals surface area contributed by atoms with Crippen LogP contribution >= 0.6 is 0 Å². The van der Waals surface area contributed by atoms with Gasteiger partial charge < -0.3 is 19.3 Å². The number of hydrogen-bond acceptors (Lipinski definition) is 5. The fraction of sp³-hybridized carbons (Fsp3) is 0.682. The molecule has 0 radical (unpaired) electrons. The highest BCUT2D eigenvalue weighted by Gasteiger charge is 2.60. The van der Waals surface area contributed by atoms with Crippen LogP contribution in [0.25, 0.3) is 0 Å². The summed E-state index contributed by atoms with van der Waals surface area (Å²) in [6.45, 7) is 0.780. The van der Waals surface area contributed by atoms with Crippen molar-refractivity contribution < 1.29 is 53.8 Å². The molecule has 3 heterocycles. The molecule has 2 bridgehead atoms. The van der Waals surface area contributed by atoms with Crippen LogP contribution in [0.3, 0.4) is 0 Å². The van der Waals surface area contributed by atoms with Gasteiger partial charge in [0.15, 0.2) is 0 Å². The van der Waals surface area contributed by atoms with Crippen molar-refractivity contribution in [3.8, 4) is 0 Å². The first kappa shape index (κ1) is 27.6. The predicted octanol–water partition coefficient (Wildman–Crippen LogP) is 4.82. The maximum Gasteiger partial charge on any atom is 0.434 e. The van der Waals surface area contributed by atoms with Crippen LogP contribution in [0.15, 0.2) is 18.2 Å². The fourth-order valence-electron chi connectivity index (χ4n) is 4.80. The highest BCUT2D eigenvalue weighted by atomic mass is 19.4. The number of ether oxygens (including phenoxy) is 2. The molecule has 0 unspecified atom stereocenters. The number of amides is 1. The van der Waals surface area contributed by atoms with Gasteiger partial charge in [0, 0.05) is 51.5 Å². The highest BCUT2D eigenvalue weighted by Crippen LogP contribution is 2.38. The van der Waals surface area contributed by atoms with Crippen molar-refractivity contribution in [1.82, 2.24) is 9.80 Å². The normalized spacial score (nSPS) is 23.6. The second kappa shape index (κ2) is 10.0. The van der Waals surface area contributed by atoms with E-state index < -0.39 is 36.3 Å². The molecule has 37 heavy (non-hydrogen) atoms. The number of alkyl halides is 9. The molecule has 1 amide bonds. The summed E-state index contributed by atoms with van der Waals surface area (Å²) in [4.78, 5) is 16.4. The molecule has 0 N–H and O–H groups in total. The predicted molar refractivity (Wildman–Crippen MR) is 111 cm³/mol. The molecule has 208 valence electrons. The Morgan fingerprint density at radius 3 is 2.00 bits per heavy atom. The topological polar surface area (TPSA) is 45.2 Å². The van der Waals surface area contributed by atoms with E-state index in [2.05, 4.69) is 4.74 Å². The molecule has 1 aromatic rings. The van der Waals surface area contributed by atoms with Crippen molar-refractivity contribution in [2.75, 3.05) is 44.2 Å². The molecule has 2 atom stereocenters. The van der Waals surface area contributed by atoms with Crippen molar-refractivity contribution in [2.45, 2.75) is 56.2 Å². The van der Waals surface area contributed by atoms with Gasteiger partial charge in [-0.1, -0.05) is 6.07 Å². The Balaban J connectivity index is 1.42. The number of halogens is 9. The summed E-state index contributed by atoms with van der Waals surface area (Å²) < 4.78 is 126. The molecule has 3 fully saturated rings. The zero-order valence-corrected chi connectivity index (χ0v) is 19.3. The number of piperazine rings is 1. The van der Waals surface area contributed by atoms with Gasteiger partial charge in [0.05, 0.1) is 17.8 Å². The first-order valence-corrected chi connectivity index (χ1v) is 11.5. The van der Waals surface area contributed by atoms with E-state index in [0.717, 1.165) is 29.9 Å². The average Bonchev–Trinajstić information content (AvgIpc) is 3.13. The summed E-state index contributed by atoms with van der Waals surface area (Å²) in [6.07, 6.45) is -20.7. The Morgan fingerprint density at radius 2 is 1.49 bits per heavy atom. The number of morpholine rings is 1. The zero-order valence-electron chi connectivity index (χ0n) is 19.3. The molecule has 0 aromatic heterocycles. The minimum absolute atomic E-state index is 0.0760. The quantitative estimate of drug-likeness (QED) is 0.505. The maximum absolute atomic E-state index is 13.4. The lowest BCUT2D eigenvalue weighted by Gasteiger charge is -2.38. The van der Waals surface area contributed by atoms with Crippen LogP contribution < -0.4 is 4.90 Å². The minimum Gasteiger partial charge on any atom is -0.426 e. The van der Waals surface area contributed by atoms with E-state index in [4.69, 9.17) is 4.74 Å². The molecule has 0 saturated carbocycles. The number of fused-ring (bicyclic) bond motifs is 2. The number of carbonyl (C=O) groups is 1. The van der Waals surface area contributed by atoms with Crippen LogP contribution in [-0.2, 0) is 22.2 Å². The van der Waals surface area contributed by atoms with E-state index in [1.54, 1.807) is 4.90 Å². The maximum atomic E-state index is 13.4. The third kappa shape index (κ3) is 6.54. The number of rotatable bonds is 4. The van der Waals surface area contributed by atoms with Gasteiger partial charge in [-0.05, 0) is 30.5 Å². The van der Waals surface area contributed by atoms with Crippen LogP contribution in [0.4, 0.5) is 50.0 Å². The monoisotopic (exact) mass is 549 g/mol. The summed E-state index contributed by atoms with van der Waals surface area (Å²) in [7, 11) is 0. The average molecular weight is 549 g/mol. The highest BCUT2D eigenvalue weighted by molar-refractivity contribution is 5.68. The van der Waals surface area contributed by atoms with Crippen molar-refractivity contribution >= 4 is 11.8 Å². The molecule has 15 heteroatoms. The summed E-state index contributed by atoms with van der Waals surface area (Å²) in [5, 5.41) is 0. The van der Waals surface area contributed by atoms with Crippen molar-refractivity contribution in [3.05, 3.63) is 29.3 Å². The third-order valence-electron chi connectivity index (χ3n) is 6.63. The lowest BCUT2D eigenvalue weighted by molar-refractivity contribution is -0.308. The number of hydrogen-bond donors (Lipinski definition) is 0. The van der Waals surface area contributed by atoms with Crippen LogP contribution in [0, 0.1) is 0 Å². The SMILES string of the molecule is O=C(OC(C(F)(F)F)C(F)(F)F)N1CCN(Cc2ccc(C(F)(F)F)cc2N2C[C@H]3CC[C@@H](C2)O3)CC1. The van der Waals surface area contributed by atoms with Crippen molar-refractivity contribution in [1.29, 1.82) is 0 Å². The summed E-state index contributed by atoms with van der Waals surface area (Å²) in [5.41, 5.74) is 0.177. The van der Waals surface area contributed by atoms with E-state index in [9.17, 15) is 44.3 Å². The lowest BCUT2D eigenvalue weighted by atomic mass is 10.1. The second-order valence-electron chi connectivity index (χ2n) is 9.31. The fourth-order valence-corrected chi connectivity index (χ4v) is 4.80. The lowest BCUT2D eigenvalue weighted by Crippen LogP contribution is -2.52. The zero-order chi connectivity index (χ0) is 27.2. The first-order chi connectivity index (χ1) is 17.1. The van der Waals surface area contributed by atoms with Gasteiger partial charge in [0.1, 0.15) is 0 Å². The Hall–Kier alpha value is -2.42. The van der Waals surface area contributed by atoms with Gasteiger partial charge in [-0.2, -0.15) is 39.5 Å². The summed E-state index contributed by atoms with van der Waals surface area (Å²) in [5.74, 6) is 0. The molecule has 0 spiro atoms. The van der Waals surface area contributed by atoms with E-state index >= 15 is 0 Å². The molecule has 4 rings (SSSR count). The minimum atomic E-state index is -5.81. The van der Waals surface area contributed by atoms with Crippen LogP contribution in [0.5, 0.6) is 0 Å². The smallest absolute Gasteiger partial charge is 0.426 e. The van der Waals surface area contributed by atoms with Crippen LogP contribution in [-0.4, -0.2) is 85.8 Å². The van der Waals surface area contributed by atoms with Gasteiger partial charge in [0.25, 0.3) is 6.10 Å². The number of anilines is 1. The Bertz CT molecular complexity index is 949. The molecule has 1 aromatic carbocycles. The third-order valence-corrected chi connectivity index (χ3v) is 6.63.